The van der Waals surface area contributed by atoms with Crippen LogP contribution in [0.3, 0.4) is 0 Å². The van der Waals surface area contributed by atoms with E-state index in [1.54, 1.807) is 0 Å². The molecule has 1 heterocycles. The van der Waals surface area contributed by atoms with E-state index in [1.807, 2.05) is 37.8 Å². The molecule has 0 aliphatic rings. The number of thioether (sulfide) groups is 1. The molecule has 0 amide bonds. The summed E-state index contributed by atoms with van der Waals surface area (Å²) in [5.41, 5.74) is 3.25. The third kappa shape index (κ3) is 4.12. The summed E-state index contributed by atoms with van der Waals surface area (Å²) in [5.74, 6) is 1.96. The third-order valence-corrected chi connectivity index (χ3v) is 3.20. The first-order chi connectivity index (χ1) is 8.19. The van der Waals surface area contributed by atoms with Crippen LogP contribution >= 0.6 is 11.8 Å². The van der Waals surface area contributed by atoms with Crippen LogP contribution in [0.25, 0.3) is 0 Å². The van der Waals surface area contributed by atoms with E-state index in [0.717, 1.165) is 35.1 Å². The highest BCUT2D eigenvalue weighted by Gasteiger charge is 2.06. The number of anilines is 1. The Bertz CT molecular complexity index is 435. The van der Waals surface area contributed by atoms with Gasteiger partial charge in [0.2, 0.25) is 0 Å². The van der Waals surface area contributed by atoms with Gasteiger partial charge in [0, 0.05) is 23.7 Å². The van der Waals surface area contributed by atoms with Crippen molar-refractivity contribution in [1.82, 2.24) is 4.98 Å². The molecule has 1 rings (SSSR count). The van der Waals surface area contributed by atoms with E-state index in [4.69, 9.17) is 5.26 Å². The Morgan fingerprint density at radius 3 is 3.00 bits per heavy atom. The molecule has 3 nitrogen and oxygen atoms in total. The molecule has 0 atom stereocenters. The lowest BCUT2D eigenvalue weighted by Crippen LogP contribution is -2.07. The Hall–Kier alpha value is -1.47. The van der Waals surface area contributed by atoms with E-state index in [2.05, 4.69) is 22.9 Å². The molecule has 0 fully saturated rings. The molecule has 17 heavy (non-hydrogen) atoms. The number of pyridine rings is 1. The molecule has 0 saturated heterocycles. The smallest absolute Gasteiger partial charge is 0.103 e. The summed E-state index contributed by atoms with van der Waals surface area (Å²) in [4.78, 5) is 4.28. The maximum atomic E-state index is 9.08. The minimum Gasteiger partial charge on any atom is -0.383 e. The number of rotatable bonds is 6. The highest BCUT2D eigenvalue weighted by Crippen LogP contribution is 2.18. The maximum Gasteiger partial charge on any atom is 0.103 e. The Kier molecular flexibility index (Phi) is 5.58. The van der Waals surface area contributed by atoms with Crippen molar-refractivity contribution >= 4 is 17.4 Å². The molecule has 0 aromatic carbocycles. The van der Waals surface area contributed by atoms with Crippen molar-refractivity contribution in [3.63, 3.8) is 0 Å². The molecule has 1 N–H and O–H groups in total. The Balaban J connectivity index is 2.64. The van der Waals surface area contributed by atoms with Gasteiger partial charge in [-0.2, -0.15) is 17.0 Å². The predicted molar refractivity (Wildman–Crippen MR) is 74.4 cm³/mol. The molecule has 0 aliphatic heterocycles. The second kappa shape index (κ2) is 6.97. The van der Waals surface area contributed by atoms with Crippen molar-refractivity contribution in [2.45, 2.75) is 13.8 Å². The van der Waals surface area contributed by atoms with Crippen LogP contribution in [0.4, 0.5) is 5.69 Å². The Morgan fingerprint density at radius 2 is 2.35 bits per heavy atom. The Labute approximate surface area is 107 Å². The van der Waals surface area contributed by atoms with Gasteiger partial charge in [-0.05, 0) is 19.9 Å². The second-order valence-electron chi connectivity index (χ2n) is 3.67. The second-order valence-corrected chi connectivity index (χ2v) is 4.82. The number of aromatic nitrogens is 1. The zero-order chi connectivity index (χ0) is 12.7. The normalized spacial score (nSPS) is 9.71. The molecule has 4 heteroatoms. The Morgan fingerprint density at radius 1 is 1.59 bits per heavy atom. The lowest BCUT2D eigenvalue weighted by atomic mass is 10.1. The standard InChI is InChI=1S/C13H17N3S/c1-4-6-17-7-5-15-13-8-10(2)16-11(3)12(13)9-14/h4,8H,1,5-7H2,2-3H3,(H,15,16). The lowest BCUT2D eigenvalue weighted by Gasteiger charge is -2.10. The minimum atomic E-state index is 0.643. The van der Waals surface area contributed by atoms with Crippen LogP contribution in [0.15, 0.2) is 18.7 Å². The summed E-state index contributed by atoms with van der Waals surface area (Å²) in [6.07, 6.45) is 1.89. The first kappa shape index (κ1) is 13.6. The molecular weight excluding hydrogens is 230 g/mol. The molecule has 90 valence electrons. The van der Waals surface area contributed by atoms with Gasteiger partial charge in [-0.1, -0.05) is 6.08 Å². The van der Waals surface area contributed by atoms with Gasteiger partial charge in [0.15, 0.2) is 0 Å². The molecule has 0 spiro atoms. The number of nitriles is 1. The van der Waals surface area contributed by atoms with Crippen LogP contribution in [-0.4, -0.2) is 23.0 Å². The summed E-state index contributed by atoms with van der Waals surface area (Å²) >= 11 is 1.82. The van der Waals surface area contributed by atoms with Gasteiger partial charge in [-0.3, -0.25) is 4.98 Å². The van der Waals surface area contributed by atoms with Gasteiger partial charge in [-0.25, -0.2) is 0 Å². The van der Waals surface area contributed by atoms with E-state index >= 15 is 0 Å². The van der Waals surface area contributed by atoms with Crippen LogP contribution < -0.4 is 5.32 Å². The van der Waals surface area contributed by atoms with Gasteiger partial charge in [0.1, 0.15) is 6.07 Å². The van der Waals surface area contributed by atoms with E-state index in [0.29, 0.717) is 5.56 Å². The first-order valence-corrected chi connectivity index (χ1v) is 6.65. The summed E-state index contributed by atoms with van der Waals surface area (Å²) in [6, 6.07) is 4.12. The SMILES string of the molecule is C=CCSCCNc1cc(C)nc(C)c1C#N. The summed E-state index contributed by atoms with van der Waals surface area (Å²) < 4.78 is 0. The third-order valence-electron chi connectivity index (χ3n) is 2.24. The molecule has 0 radical (unpaired) electrons. The monoisotopic (exact) mass is 247 g/mol. The van der Waals surface area contributed by atoms with Crippen LogP contribution in [0.2, 0.25) is 0 Å². The quantitative estimate of drug-likeness (QED) is 0.620. The van der Waals surface area contributed by atoms with E-state index in [-0.39, 0.29) is 0 Å². The van der Waals surface area contributed by atoms with Gasteiger partial charge in [-0.15, -0.1) is 6.58 Å². The summed E-state index contributed by atoms with van der Waals surface area (Å²) in [6.45, 7) is 8.32. The van der Waals surface area contributed by atoms with Crippen molar-refractivity contribution in [3.8, 4) is 6.07 Å². The zero-order valence-corrected chi connectivity index (χ0v) is 11.1. The highest BCUT2D eigenvalue weighted by atomic mass is 32.2. The zero-order valence-electron chi connectivity index (χ0n) is 10.3. The molecule has 0 aliphatic carbocycles. The van der Waals surface area contributed by atoms with Gasteiger partial charge in [0.25, 0.3) is 0 Å². The highest BCUT2D eigenvalue weighted by molar-refractivity contribution is 7.99. The summed E-state index contributed by atoms with van der Waals surface area (Å²) in [5, 5.41) is 12.4. The van der Waals surface area contributed by atoms with E-state index in [1.165, 1.54) is 0 Å². The fourth-order valence-electron chi connectivity index (χ4n) is 1.53. The molecule has 0 bridgehead atoms. The maximum absolute atomic E-state index is 9.08. The number of hydrogen-bond acceptors (Lipinski definition) is 4. The molecular formula is C13H17N3S. The van der Waals surface area contributed by atoms with E-state index in [9.17, 15) is 0 Å². The van der Waals surface area contributed by atoms with Crippen molar-refractivity contribution in [2.75, 3.05) is 23.4 Å². The van der Waals surface area contributed by atoms with Gasteiger partial charge >= 0.3 is 0 Å². The first-order valence-electron chi connectivity index (χ1n) is 5.50. The van der Waals surface area contributed by atoms with Crippen LogP contribution in [0.5, 0.6) is 0 Å². The molecule has 1 aromatic rings. The predicted octanol–water partition coefficient (Wildman–Crippen LogP) is 2.90. The van der Waals surface area contributed by atoms with Crippen molar-refractivity contribution in [1.29, 1.82) is 5.26 Å². The molecule has 1 aromatic heterocycles. The number of hydrogen-bond donors (Lipinski definition) is 1. The largest absolute Gasteiger partial charge is 0.383 e. The van der Waals surface area contributed by atoms with Crippen LogP contribution in [0.1, 0.15) is 17.0 Å². The lowest BCUT2D eigenvalue weighted by molar-refractivity contribution is 1.10. The topological polar surface area (TPSA) is 48.7 Å². The minimum absolute atomic E-state index is 0.643. The number of aryl methyl sites for hydroxylation is 2. The number of nitrogens with one attached hydrogen (secondary N) is 1. The fraction of sp³-hybridized carbons (Fsp3) is 0.385. The average molecular weight is 247 g/mol. The van der Waals surface area contributed by atoms with Crippen LogP contribution in [-0.2, 0) is 0 Å². The van der Waals surface area contributed by atoms with Crippen molar-refractivity contribution < 1.29 is 0 Å². The van der Waals surface area contributed by atoms with E-state index < -0.39 is 0 Å². The summed E-state index contributed by atoms with van der Waals surface area (Å²) in [7, 11) is 0. The van der Waals surface area contributed by atoms with Gasteiger partial charge < -0.3 is 5.32 Å². The van der Waals surface area contributed by atoms with Crippen LogP contribution in [0, 0.1) is 25.2 Å². The number of nitrogens with zero attached hydrogens (tertiary/aromatic N) is 2. The van der Waals surface area contributed by atoms with Gasteiger partial charge in [0.05, 0.1) is 16.9 Å². The molecule has 0 saturated carbocycles. The van der Waals surface area contributed by atoms with Crippen molar-refractivity contribution in [3.05, 3.63) is 35.7 Å². The fourth-order valence-corrected chi connectivity index (χ4v) is 2.11. The molecule has 0 unspecified atom stereocenters. The average Bonchev–Trinajstić information content (AvgIpc) is 2.28. The van der Waals surface area contributed by atoms with Crippen molar-refractivity contribution in [2.24, 2.45) is 0 Å².